The van der Waals surface area contributed by atoms with Gasteiger partial charge in [0.2, 0.25) is 5.60 Å². The molecule has 0 bridgehead atoms. The van der Waals surface area contributed by atoms with Gasteiger partial charge in [-0.05, 0) is 18.2 Å². The molecule has 0 aliphatic carbocycles. The first kappa shape index (κ1) is 10.1. The maximum absolute atomic E-state index is 12.0. The minimum Gasteiger partial charge on any atom is -0.497 e. The maximum Gasteiger partial charge on any atom is 0.307 e. The van der Waals surface area contributed by atoms with Gasteiger partial charge in [0.25, 0.3) is 5.91 Å². The lowest BCUT2D eigenvalue weighted by Gasteiger charge is -2.19. The average molecular weight is 233 g/mol. The van der Waals surface area contributed by atoms with Crippen LogP contribution in [0.3, 0.4) is 0 Å². The van der Waals surface area contributed by atoms with Crippen LogP contribution >= 0.6 is 0 Å². The van der Waals surface area contributed by atoms with Crippen LogP contribution in [0.4, 0.5) is 5.69 Å². The summed E-state index contributed by atoms with van der Waals surface area (Å²) >= 11 is 0. The molecule has 0 radical (unpaired) electrons. The minimum atomic E-state index is -1.14. The number of fused-ring (bicyclic) bond motifs is 2. The van der Waals surface area contributed by atoms with Crippen LogP contribution in [0.1, 0.15) is 18.4 Å². The highest BCUT2D eigenvalue weighted by molar-refractivity contribution is 6.07. The highest BCUT2D eigenvalue weighted by Gasteiger charge is 2.54. The molecule has 1 atom stereocenters. The lowest BCUT2D eigenvalue weighted by Crippen LogP contribution is -2.33. The molecule has 5 nitrogen and oxygen atoms in total. The smallest absolute Gasteiger partial charge is 0.307 e. The minimum absolute atomic E-state index is 0.268. The standard InChI is InChI=1S/C12H11NO4/c1-16-7-2-3-9-8(6-7)12(11(15)13-9)5-4-10(14)17-12/h2-3,6H,4-5H2,1H3,(H,13,15). The lowest BCUT2D eigenvalue weighted by molar-refractivity contribution is -0.156. The van der Waals surface area contributed by atoms with Crippen molar-refractivity contribution in [2.75, 3.05) is 12.4 Å². The second-order valence-electron chi connectivity index (χ2n) is 4.17. The van der Waals surface area contributed by atoms with Crippen LogP contribution in [0.15, 0.2) is 18.2 Å². The number of hydrogen-bond acceptors (Lipinski definition) is 4. The number of rotatable bonds is 1. The fourth-order valence-electron chi connectivity index (χ4n) is 2.36. The summed E-state index contributed by atoms with van der Waals surface area (Å²) in [7, 11) is 1.55. The number of carbonyl (C=O) groups excluding carboxylic acids is 2. The number of esters is 1. The Labute approximate surface area is 97.7 Å². The van der Waals surface area contributed by atoms with E-state index in [-0.39, 0.29) is 18.3 Å². The van der Waals surface area contributed by atoms with Crippen molar-refractivity contribution in [2.24, 2.45) is 0 Å². The fraction of sp³-hybridized carbons (Fsp3) is 0.333. The normalized spacial score (nSPS) is 25.7. The topological polar surface area (TPSA) is 64.6 Å². The van der Waals surface area contributed by atoms with E-state index < -0.39 is 5.60 Å². The Morgan fingerprint density at radius 3 is 2.88 bits per heavy atom. The van der Waals surface area contributed by atoms with Crippen LogP contribution in [-0.2, 0) is 19.9 Å². The summed E-state index contributed by atoms with van der Waals surface area (Å²) in [5.74, 6) is 0.0324. The van der Waals surface area contributed by atoms with E-state index in [0.29, 0.717) is 23.4 Å². The summed E-state index contributed by atoms with van der Waals surface area (Å²) in [4.78, 5) is 23.3. The van der Waals surface area contributed by atoms with Crippen molar-refractivity contribution in [1.82, 2.24) is 0 Å². The van der Waals surface area contributed by atoms with Crippen LogP contribution in [-0.4, -0.2) is 19.0 Å². The molecule has 1 unspecified atom stereocenters. The van der Waals surface area contributed by atoms with Crippen LogP contribution in [0, 0.1) is 0 Å². The van der Waals surface area contributed by atoms with Gasteiger partial charge in [-0.15, -0.1) is 0 Å². The van der Waals surface area contributed by atoms with Gasteiger partial charge in [0, 0.05) is 17.7 Å². The fourth-order valence-corrected chi connectivity index (χ4v) is 2.36. The van der Waals surface area contributed by atoms with Crippen molar-refractivity contribution in [2.45, 2.75) is 18.4 Å². The molecule has 88 valence electrons. The number of carbonyl (C=O) groups is 2. The predicted octanol–water partition coefficient (Wildman–Crippen LogP) is 1.18. The van der Waals surface area contributed by atoms with E-state index in [1.165, 1.54) is 0 Å². The first-order valence-corrected chi connectivity index (χ1v) is 5.37. The van der Waals surface area contributed by atoms with Gasteiger partial charge in [0.1, 0.15) is 5.75 Å². The highest BCUT2D eigenvalue weighted by Crippen LogP contribution is 2.46. The Morgan fingerprint density at radius 2 is 2.24 bits per heavy atom. The molecular weight excluding hydrogens is 222 g/mol. The van der Waals surface area contributed by atoms with Crippen molar-refractivity contribution in [1.29, 1.82) is 0 Å². The van der Waals surface area contributed by atoms with Crippen molar-refractivity contribution >= 4 is 17.6 Å². The van der Waals surface area contributed by atoms with Gasteiger partial charge in [-0.2, -0.15) is 0 Å². The maximum atomic E-state index is 12.0. The average Bonchev–Trinajstić information content (AvgIpc) is 2.83. The zero-order valence-electron chi connectivity index (χ0n) is 9.28. The molecule has 1 saturated heterocycles. The van der Waals surface area contributed by atoms with E-state index in [4.69, 9.17) is 9.47 Å². The van der Waals surface area contributed by atoms with E-state index in [1.807, 2.05) is 0 Å². The molecule has 0 aromatic heterocycles. The Morgan fingerprint density at radius 1 is 1.41 bits per heavy atom. The molecule has 17 heavy (non-hydrogen) atoms. The van der Waals surface area contributed by atoms with Gasteiger partial charge in [0.05, 0.1) is 13.5 Å². The van der Waals surface area contributed by atoms with Crippen molar-refractivity contribution in [3.05, 3.63) is 23.8 Å². The number of nitrogens with one attached hydrogen (secondary N) is 1. The van der Waals surface area contributed by atoms with E-state index in [9.17, 15) is 9.59 Å². The van der Waals surface area contributed by atoms with Crippen molar-refractivity contribution < 1.29 is 19.1 Å². The Balaban J connectivity index is 2.14. The molecule has 1 amide bonds. The predicted molar refractivity (Wildman–Crippen MR) is 58.6 cm³/mol. The first-order valence-electron chi connectivity index (χ1n) is 5.37. The van der Waals surface area contributed by atoms with E-state index >= 15 is 0 Å². The third-order valence-corrected chi connectivity index (χ3v) is 3.25. The van der Waals surface area contributed by atoms with Crippen LogP contribution < -0.4 is 10.1 Å². The Bertz CT molecular complexity index is 525. The summed E-state index contributed by atoms with van der Waals surface area (Å²) in [5, 5.41) is 2.73. The lowest BCUT2D eigenvalue weighted by atomic mass is 9.92. The van der Waals surface area contributed by atoms with Gasteiger partial charge in [0.15, 0.2) is 0 Å². The molecule has 0 saturated carbocycles. The Hall–Kier alpha value is -2.04. The third-order valence-electron chi connectivity index (χ3n) is 3.25. The van der Waals surface area contributed by atoms with Gasteiger partial charge in [-0.1, -0.05) is 0 Å². The quantitative estimate of drug-likeness (QED) is 0.740. The number of hydrogen-bond donors (Lipinski definition) is 1. The highest BCUT2D eigenvalue weighted by atomic mass is 16.6. The van der Waals surface area contributed by atoms with Gasteiger partial charge in [-0.3, -0.25) is 9.59 Å². The molecule has 2 aliphatic rings. The number of ether oxygens (including phenoxy) is 2. The summed E-state index contributed by atoms with van der Waals surface area (Å²) in [6.07, 6.45) is 0.655. The zero-order chi connectivity index (χ0) is 12.0. The molecule has 3 rings (SSSR count). The van der Waals surface area contributed by atoms with Crippen LogP contribution in [0.5, 0.6) is 5.75 Å². The van der Waals surface area contributed by atoms with Crippen LogP contribution in [0.2, 0.25) is 0 Å². The summed E-state index contributed by atoms with van der Waals surface area (Å²) in [5.41, 5.74) is 0.235. The molecule has 1 fully saturated rings. The summed E-state index contributed by atoms with van der Waals surface area (Å²) in [6, 6.07) is 5.26. The number of methoxy groups -OCH3 is 1. The number of anilines is 1. The molecule has 2 aliphatic heterocycles. The largest absolute Gasteiger partial charge is 0.497 e. The monoisotopic (exact) mass is 233 g/mol. The SMILES string of the molecule is COc1ccc2c(c1)C1(CCC(=O)O1)C(=O)N2. The van der Waals surface area contributed by atoms with E-state index in [2.05, 4.69) is 5.32 Å². The number of amides is 1. The molecule has 5 heteroatoms. The zero-order valence-corrected chi connectivity index (χ0v) is 9.28. The molecule has 1 spiro atoms. The number of benzene rings is 1. The molecule has 1 aromatic carbocycles. The van der Waals surface area contributed by atoms with Crippen LogP contribution in [0.25, 0.3) is 0 Å². The molecule has 1 N–H and O–H groups in total. The molecular formula is C12H11NO4. The first-order chi connectivity index (χ1) is 8.15. The Kier molecular flexibility index (Phi) is 1.92. The van der Waals surface area contributed by atoms with Gasteiger partial charge in [-0.25, -0.2) is 0 Å². The van der Waals surface area contributed by atoms with Crippen molar-refractivity contribution in [3.8, 4) is 5.75 Å². The second-order valence-corrected chi connectivity index (χ2v) is 4.17. The summed E-state index contributed by atoms with van der Waals surface area (Å²) in [6.45, 7) is 0. The molecule has 2 heterocycles. The van der Waals surface area contributed by atoms with Gasteiger partial charge < -0.3 is 14.8 Å². The van der Waals surface area contributed by atoms with Gasteiger partial charge >= 0.3 is 5.97 Å². The van der Waals surface area contributed by atoms with E-state index in [0.717, 1.165) is 0 Å². The van der Waals surface area contributed by atoms with Crippen molar-refractivity contribution in [3.63, 3.8) is 0 Å². The second kappa shape index (κ2) is 3.23. The third kappa shape index (κ3) is 1.25. The molecule has 1 aromatic rings. The van der Waals surface area contributed by atoms with E-state index in [1.54, 1.807) is 25.3 Å². The summed E-state index contributed by atoms with van der Waals surface area (Å²) < 4.78 is 10.4.